The predicted octanol–water partition coefficient (Wildman–Crippen LogP) is -0.723. The molecule has 0 unspecified atom stereocenters. The first-order valence-corrected chi connectivity index (χ1v) is 11.4. The zero-order valence-electron chi connectivity index (χ0n) is 19.8. The van der Waals surface area contributed by atoms with Crippen LogP contribution < -0.4 is 0 Å². The number of aromatic hydroxyl groups is 2. The van der Waals surface area contributed by atoms with E-state index in [1.54, 1.807) is 13.0 Å². The van der Waals surface area contributed by atoms with E-state index in [4.69, 9.17) is 18.9 Å². The minimum Gasteiger partial charge on any atom is -0.504 e. The van der Waals surface area contributed by atoms with Crippen LogP contribution in [-0.4, -0.2) is 97.9 Å². The van der Waals surface area contributed by atoms with E-state index in [9.17, 15) is 45.3 Å². The molecule has 1 aromatic carbocycles. The summed E-state index contributed by atoms with van der Waals surface area (Å²) in [5.74, 6) is -3.70. The fraction of sp³-hybridized carbons (Fsp3) is 0.500. The van der Waals surface area contributed by atoms with Crippen LogP contribution in [0.1, 0.15) is 18.9 Å². The summed E-state index contributed by atoms with van der Waals surface area (Å²) >= 11 is 0. The number of phenols is 2. The van der Waals surface area contributed by atoms with Gasteiger partial charge in [-0.2, -0.15) is 0 Å². The highest BCUT2D eigenvalue weighted by Crippen LogP contribution is 2.36. The molecule has 13 nitrogen and oxygen atoms in total. The number of hydrogen-bond donors (Lipinski definition) is 7. The van der Waals surface area contributed by atoms with Gasteiger partial charge < -0.3 is 54.7 Å². The van der Waals surface area contributed by atoms with Crippen LogP contribution in [0.3, 0.4) is 0 Å². The summed E-state index contributed by atoms with van der Waals surface area (Å²) in [7, 11) is 0. The van der Waals surface area contributed by atoms with Gasteiger partial charge >= 0.3 is 11.9 Å². The van der Waals surface area contributed by atoms with E-state index in [1.165, 1.54) is 18.2 Å². The van der Waals surface area contributed by atoms with Crippen LogP contribution in [0.25, 0.3) is 0 Å². The number of benzene rings is 1. The molecule has 7 N–H and O–H groups in total. The highest BCUT2D eigenvalue weighted by atomic mass is 16.8. The summed E-state index contributed by atoms with van der Waals surface area (Å²) in [5.41, 5.74) is 0.557. The molecule has 0 aliphatic carbocycles. The molecule has 7 atom stereocenters. The van der Waals surface area contributed by atoms with Crippen molar-refractivity contribution in [2.45, 2.75) is 56.8 Å². The molecule has 0 aromatic heterocycles. The summed E-state index contributed by atoms with van der Waals surface area (Å²) in [4.78, 5) is 24.4. The topological polar surface area (TPSA) is 213 Å². The molecule has 1 saturated heterocycles. The molecular weight excluding hydrogens is 496 g/mol. The van der Waals surface area contributed by atoms with Crippen molar-refractivity contribution in [1.82, 2.24) is 0 Å². The van der Waals surface area contributed by atoms with Crippen LogP contribution in [0, 0.1) is 5.92 Å². The first-order chi connectivity index (χ1) is 17.6. The molecule has 204 valence electrons. The Balaban J connectivity index is 1.68. The van der Waals surface area contributed by atoms with Crippen molar-refractivity contribution in [3.05, 3.63) is 47.2 Å². The maximum absolute atomic E-state index is 12.6. The van der Waals surface area contributed by atoms with Gasteiger partial charge in [0.15, 0.2) is 17.8 Å². The third-order valence-corrected chi connectivity index (χ3v) is 6.12. The van der Waals surface area contributed by atoms with Gasteiger partial charge in [0.25, 0.3) is 0 Å². The number of phenolic OH excluding ortho intramolecular Hbond substituents is 2. The van der Waals surface area contributed by atoms with Gasteiger partial charge in [-0.05, 0) is 24.6 Å². The summed E-state index contributed by atoms with van der Waals surface area (Å²) in [6.07, 6.45) is -6.90. The van der Waals surface area contributed by atoms with Crippen LogP contribution in [0.15, 0.2) is 41.7 Å². The maximum atomic E-state index is 12.6. The van der Waals surface area contributed by atoms with E-state index in [1.807, 2.05) is 0 Å². The fourth-order valence-electron chi connectivity index (χ4n) is 4.05. The highest BCUT2D eigenvalue weighted by Gasteiger charge is 2.46. The molecule has 2 aliphatic rings. The number of aliphatic carboxylic acids is 1. The van der Waals surface area contributed by atoms with E-state index in [0.717, 1.165) is 6.26 Å². The molecule has 0 saturated carbocycles. The largest absolute Gasteiger partial charge is 0.504 e. The van der Waals surface area contributed by atoms with Crippen molar-refractivity contribution >= 4 is 11.9 Å². The molecule has 0 amide bonds. The van der Waals surface area contributed by atoms with Crippen LogP contribution in [0.5, 0.6) is 11.5 Å². The van der Waals surface area contributed by atoms with Crippen molar-refractivity contribution < 1.29 is 64.3 Å². The Morgan fingerprint density at radius 1 is 1.08 bits per heavy atom. The van der Waals surface area contributed by atoms with E-state index in [-0.39, 0.29) is 35.7 Å². The Labute approximate surface area is 211 Å². The molecule has 0 bridgehead atoms. The average Bonchev–Trinajstić information content (AvgIpc) is 2.86. The standard InChI is InChI=1S/C24H30O13/c1-2-12-13(8-18(28)34-6-5-11-3-4-15(26)16(27)7-11)14(22(32)33)10-35-23(12)37-24-21(31)20(30)19(29)17(9-25)36-24/h2-4,7,10,13,17,19-21,23-27,29-31H,5-6,8-9H2,1H3,(H,32,33)/b12-2+/t13-,17-,19-,20+,21-,23+,24+/m0/s1. The Hall–Kier alpha value is -3.20. The van der Waals surface area contributed by atoms with Crippen LogP contribution in [0.4, 0.5) is 0 Å². The molecule has 13 heteroatoms. The minimum absolute atomic E-state index is 0.0750. The molecule has 37 heavy (non-hydrogen) atoms. The Bertz CT molecular complexity index is 1030. The molecule has 2 heterocycles. The smallest absolute Gasteiger partial charge is 0.335 e. The maximum Gasteiger partial charge on any atom is 0.335 e. The van der Waals surface area contributed by atoms with Crippen LogP contribution >= 0.6 is 0 Å². The number of carbonyl (C=O) groups excluding carboxylic acids is 1. The fourth-order valence-corrected chi connectivity index (χ4v) is 4.05. The number of allylic oxidation sites excluding steroid dienone is 1. The number of carboxylic acids is 1. The number of carboxylic acid groups (broad SMARTS) is 1. The number of hydrogen-bond acceptors (Lipinski definition) is 12. The second-order valence-electron chi connectivity index (χ2n) is 8.52. The summed E-state index contributed by atoms with van der Waals surface area (Å²) in [6.45, 7) is 0.811. The number of aliphatic hydroxyl groups is 4. The number of esters is 1. The zero-order chi connectivity index (χ0) is 27.3. The normalized spacial score (nSPS) is 30.9. The van der Waals surface area contributed by atoms with Gasteiger partial charge in [-0.15, -0.1) is 0 Å². The number of aliphatic hydroxyl groups excluding tert-OH is 4. The van der Waals surface area contributed by atoms with E-state index in [2.05, 4.69) is 0 Å². The third kappa shape index (κ3) is 6.57. The molecule has 2 aliphatic heterocycles. The van der Waals surface area contributed by atoms with E-state index < -0.39 is 67.9 Å². The third-order valence-electron chi connectivity index (χ3n) is 6.12. The lowest BCUT2D eigenvalue weighted by Crippen LogP contribution is -2.60. The van der Waals surface area contributed by atoms with Crippen LogP contribution in [-0.2, 0) is 35.0 Å². The number of rotatable bonds is 9. The van der Waals surface area contributed by atoms with Gasteiger partial charge in [0.1, 0.15) is 24.4 Å². The van der Waals surface area contributed by atoms with E-state index >= 15 is 0 Å². The van der Waals surface area contributed by atoms with Crippen LogP contribution in [0.2, 0.25) is 0 Å². The van der Waals surface area contributed by atoms with Gasteiger partial charge in [-0.1, -0.05) is 12.1 Å². The molecule has 1 fully saturated rings. The lowest BCUT2D eigenvalue weighted by molar-refractivity contribution is -0.327. The first kappa shape index (κ1) is 28.4. The zero-order valence-corrected chi connectivity index (χ0v) is 19.8. The SMILES string of the molecule is C/C=C1/[C@@H](O[C@H]2O[C@@H](CO)[C@H](O)[C@@H](O)[C@@H]2O)OC=C(C(=O)O)[C@H]1CC(=O)OCCc1ccc(O)c(O)c1. The van der Waals surface area contributed by atoms with Crippen molar-refractivity contribution in [1.29, 1.82) is 0 Å². The van der Waals surface area contributed by atoms with Gasteiger partial charge in [0, 0.05) is 17.9 Å². The quantitative estimate of drug-likeness (QED) is 0.120. The lowest BCUT2D eigenvalue weighted by atomic mass is 9.86. The Kier molecular flexibility index (Phi) is 9.48. The molecule has 0 radical (unpaired) electrons. The average molecular weight is 526 g/mol. The lowest BCUT2D eigenvalue weighted by Gasteiger charge is -2.41. The van der Waals surface area contributed by atoms with Gasteiger partial charge in [0.2, 0.25) is 6.29 Å². The first-order valence-electron chi connectivity index (χ1n) is 11.4. The predicted molar refractivity (Wildman–Crippen MR) is 122 cm³/mol. The van der Waals surface area contributed by atoms with Gasteiger partial charge in [0.05, 0.1) is 31.5 Å². The Morgan fingerprint density at radius 3 is 2.43 bits per heavy atom. The van der Waals surface area contributed by atoms with Crippen molar-refractivity contribution in [3.8, 4) is 11.5 Å². The number of carbonyl (C=O) groups is 2. The van der Waals surface area contributed by atoms with Gasteiger partial charge in [-0.25, -0.2) is 4.79 Å². The molecule has 3 rings (SSSR count). The minimum atomic E-state index is -1.72. The monoisotopic (exact) mass is 526 g/mol. The summed E-state index contributed by atoms with van der Waals surface area (Å²) in [5, 5.41) is 68.1. The second kappa shape index (κ2) is 12.4. The van der Waals surface area contributed by atoms with Gasteiger partial charge in [-0.3, -0.25) is 4.79 Å². The summed E-state index contributed by atoms with van der Waals surface area (Å²) in [6, 6.07) is 4.17. The van der Waals surface area contributed by atoms with Crippen molar-refractivity contribution in [2.75, 3.05) is 13.2 Å². The number of ether oxygens (including phenoxy) is 4. The van der Waals surface area contributed by atoms with Crippen molar-refractivity contribution in [2.24, 2.45) is 5.92 Å². The molecule has 0 spiro atoms. The summed E-state index contributed by atoms with van der Waals surface area (Å²) < 4.78 is 21.6. The molecular formula is C24H30O13. The second-order valence-corrected chi connectivity index (χ2v) is 8.52. The van der Waals surface area contributed by atoms with Crippen molar-refractivity contribution in [3.63, 3.8) is 0 Å². The molecule has 1 aromatic rings. The Morgan fingerprint density at radius 2 is 1.81 bits per heavy atom. The highest BCUT2D eigenvalue weighted by molar-refractivity contribution is 5.89. The van der Waals surface area contributed by atoms with E-state index in [0.29, 0.717) is 5.56 Å².